The number of benzene rings is 2. The lowest BCUT2D eigenvalue weighted by molar-refractivity contribution is -0.137. The Hall–Kier alpha value is -3.94. The topological polar surface area (TPSA) is 135 Å². The van der Waals surface area contributed by atoms with Gasteiger partial charge >= 0.3 is 6.18 Å². The maximum absolute atomic E-state index is 13.6. The summed E-state index contributed by atoms with van der Waals surface area (Å²) in [6, 6.07) is 5.44. The zero-order valence-electron chi connectivity index (χ0n) is 22.2. The standard InChI is InChI=1S/C28H29F3N2O8/c1-39-10-8-33(27(38)16-3-5-17(6-4-16)28(29,30)31)20-13-19(26(37)32-7-9-34)22-18-11-15(14-35)12-21(40-2)24(18)41-25(22)23(20)36/h3-6,11-14,20,22-23,25,34,36H,7-10H2,1-2H3,(H,32,37). The second-order valence-electron chi connectivity index (χ2n) is 9.47. The molecule has 1 heterocycles. The van der Waals surface area contributed by atoms with Gasteiger partial charge in [-0.1, -0.05) is 0 Å². The Morgan fingerprint density at radius 2 is 1.88 bits per heavy atom. The van der Waals surface area contributed by atoms with E-state index in [0.717, 1.165) is 24.3 Å². The first-order chi connectivity index (χ1) is 19.5. The van der Waals surface area contributed by atoms with Gasteiger partial charge in [-0.3, -0.25) is 14.4 Å². The lowest BCUT2D eigenvalue weighted by Crippen LogP contribution is -2.56. The number of carbonyl (C=O) groups is 3. The zero-order chi connectivity index (χ0) is 29.9. The van der Waals surface area contributed by atoms with Crippen molar-refractivity contribution in [1.82, 2.24) is 10.2 Å². The van der Waals surface area contributed by atoms with Gasteiger partial charge in [-0.15, -0.1) is 0 Å². The monoisotopic (exact) mass is 578 g/mol. The number of fused-ring (bicyclic) bond motifs is 3. The lowest BCUT2D eigenvalue weighted by Gasteiger charge is -2.40. The Morgan fingerprint density at radius 3 is 2.46 bits per heavy atom. The highest BCUT2D eigenvalue weighted by Crippen LogP contribution is 2.51. The molecule has 0 radical (unpaired) electrons. The number of amides is 2. The summed E-state index contributed by atoms with van der Waals surface area (Å²) in [7, 11) is 2.76. The molecule has 2 aromatic rings. The van der Waals surface area contributed by atoms with Gasteiger partial charge in [0.2, 0.25) is 5.91 Å². The molecule has 1 aliphatic carbocycles. The maximum atomic E-state index is 13.6. The predicted octanol–water partition coefficient (Wildman–Crippen LogP) is 1.94. The van der Waals surface area contributed by atoms with Gasteiger partial charge in [-0.2, -0.15) is 13.2 Å². The molecule has 0 bridgehead atoms. The van der Waals surface area contributed by atoms with Gasteiger partial charge in [-0.25, -0.2) is 0 Å². The van der Waals surface area contributed by atoms with Crippen LogP contribution in [0.1, 0.15) is 37.8 Å². The summed E-state index contributed by atoms with van der Waals surface area (Å²) in [4.78, 5) is 39.7. The minimum absolute atomic E-state index is 0.0151. The van der Waals surface area contributed by atoms with E-state index in [2.05, 4.69) is 5.32 Å². The number of aliphatic hydroxyl groups is 2. The summed E-state index contributed by atoms with van der Waals surface area (Å²) in [5.41, 5.74) is -0.240. The van der Waals surface area contributed by atoms with Crippen molar-refractivity contribution in [3.05, 3.63) is 70.3 Å². The minimum atomic E-state index is -4.59. The number of halogens is 3. The van der Waals surface area contributed by atoms with Crippen molar-refractivity contribution in [1.29, 1.82) is 0 Å². The van der Waals surface area contributed by atoms with Crippen LogP contribution in [-0.4, -0.2) is 92.0 Å². The van der Waals surface area contributed by atoms with Crippen LogP contribution in [0.2, 0.25) is 0 Å². The average Bonchev–Trinajstić information content (AvgIpc) is 3.36. The summed E-state index contributed by atoms with van der Waals surface area (Å²) in [5, 5.41) is 23.4. The van der Waals surface area contributed by atoms with E-state index in [0.29, 0.717) is 11.8 Å². The highest BCUT2D eigenvalue weighted by molar-refractivity contribution is 5.98. The van der Waals surface area contributed by atoms with Gasteiger partial charge in [0.1, 0.15) is 18.5 Å². The van der Waals surface area contributed by atoms with Crippen LogP contribution < -0.4 is 14.8 Å². The van der Waals surface area contributed by atoms with Crippen LogP contribution in [0.3, 0.4) is 0 Å². The fourth-order valence-electron chi connectivity index (χ4n) is 5.10. The molecule has 0 fully saturated rings. The Morgan fingerprint density at radius 1 is 1.17 bits per heavy atom. The van der Waals surface area contributed by atoms with Gasteiger partial charge in [0.25, 0.3) is 5.91 Å². The molecule has 0 spiro atoms. The van der Waals surface area contributed by atoms with E-state index in [9.17, 15) is 37.8 Å². The fraction of sp³-hybridized carbons (Fsp3) is 0.393. The first-order valence-electron chi connectivity index (χ1n) is 12.7. The number of hydrogen-bond acceptors (Lipinski definition) is 8. The van der Waals surface area contributed by atoms with Crippen molar-refractivity contribution in [2.24, 2.45) is 0 Å². The van der Waals surface area contributed by atoms with Crippen LogP contribution in [0.25, 0.3) is 0 Å². The molecule has 4 rings (SSSR count). The van der Waals surface area contributed by atoms with Gasteiger partial charge in [0.15, 0.2) is 11.5 Å². The van der Waals surface area contributed by atoms with E-state index in [1.165, 1.54) is 37.3 Å². The van der Waals surface area contributed by atoms with E-state index in [-0.39, 0.29) is 54.5 Å². The summed E-state index contributed by atoms with van der Waals surface area (Å²) in [6.07, 6.45) is -5.11. The predicted molar refractivity (Wildman–Crippen MR) is 138 cm³/mol. The maximum Gasteiger partial charge on any atom is 0.416 e. The quantitative estimate of drug-likeness (QED) is 0.364. The summed E-state index contributed by atoms with van der Waals surface area (Å²) >= 11 is 0. The third kappa shape index (κ3) is 5.92. The molecule has 13 heteroatoms. The second kappa shape index (κ2) is 12.3. The Kier molecular flexibility index (Phi) is 9.00. The number of nitrogens with one attached hydrogen (secondary N) is 1. The molecular weight excluding hydrogens is 549 g/mol. The Labute approximate surface area is 233 Å². The number of carbonyl (C=O) groups excluding carboxylic acids is 3. The van der Waals surface area contributed by atoms with Crippen molar-refractivity contribution in [2.45, 2.75) is 30.3 Å². The Balaban J connectivity index is 1.79. The number of rotatable bonds is 10. The molecule has 2 aromatic carbocycles. The number of ether oxygens (including phenoxy) is 3. The molecule has 41 heavy (non-hydrogen) atoms. The molecule has 0 aromatic heterocycles. The third-order valence-electron chi connectivity index (χ3n) is 7.03. The van der Waals surface area contributed by atoms with Gasteiger partial charge < -0.3 is 34.6 Å². The number of hydrogen-bond donors (Lipinski definition) is 3. The van der Waals surface area contributed by atoms with E-state index in [4.69, 9.17) is 14.2 Å². The number of nitrogens with zero attached hydrogens (tertiary/aromatic N) is 1. The van der Waals surface area contributed by atoms with Crippen LogP contribution >= 0.6 is 0 Å². The molecule has 220 valence electrons. The molecule has 0 saturated heterocycles. The summed E-state index contributed by atoms with van der Waals surface area (Å²) in [6.45, 7) is -0.490. The minimum Gasteiger partial charge on any atom is -0.493 e. The van der Waals surface area contributed by atoms with Crippen molar-refractivity contribution in [2.75, 3.05) is 40.5 Å². The summed E-state index contributed by atoms with van der Waals surface area (Å²) in [5.74, 6) is -1.76. The van der Waals surface area contributed by atoms with Crippen molar-refractivity contribution in [3.8, 4) is 11.5 Å². The number of aldehydes is 1. The van der Waals surface area contributed by atoms with E-state index in [1.54, 1.807) is 0 Å². The van der Waals surface area contributed by atoms with E-state index < -0.39 is 47.7 Å². The largest absolute Gasteiger partial charge is 0.493 e. The van der Waals surface area contributed by atoms with Crippen LogP contribution in [0.15, 0.2) is 48.0 Å². The number of alkyl halides is 3. The van der Waals surface area contributed by atoms with Crippen molar-refractivity contribution >= 4 is 18.1 Å². The molecule has 10 nitrogen and oxygen atoms in total. The molecule has 2 aliphatic rings. The van der Waals surface area contributed by atoms with Crippen LogP contribution in [-0.2, 0) is 15.7 Å². The van der Waals surface area contributed by atoms with Crippen LogP contribution in [0.4, 0.5) is 13.2 Å². The molecular formula is C28H29F3N2O8. The normalized spacial score (nSPS) is 21.2. The van der Waals surface area contributed by atoms with Gasteiger partial charge in [0, 0.05) is 42.5 Å². The highest BCUT2D eigenvalue weighted by atomic mass is 19.4. The lowest BCUT2D eigenvalue weighted by atomic mass is 9.77. The number of methoxy groups -OCH3 is 2. The SMILES string of the molecule is COCCN(C(=O)c1ccc(C(F)(F)F)cc1)C1C=C(C(=O)NCCO)C2c3cc(C=O)cc(OC)c3OC2C1O. The Bertz CT molecular complexity index is 1330. The molecule has 0 saturated carbocycles. The first-order valence-corrected chi connectivity index (χ1v) is 12.7. The van der Waals surface area contributed by atoms with E-state index in [1.807, 2.05) is 0 Å². The molecule has 3 N–H and O–H groups in total. The van der Waals surface area contributed by atoms with Crippen LogP contribution in [0, 0.1) is 0 Å². The second-order valence-corrected chi connectivity index (χ2v) is 9.47. The molecule has 1 aliphatic heterocycles. The van der Waals surface area contributed by atoms with Gasteiger partial charge in [0.05, 0.1) is 37.8 Å². The van der Waals surface area contributed by atoms with Gasteiger partial charge in [-0.05, 0) is 42.5 Å². The molecule has 4 atom stereocenters. The smallest absolute Gasteiger partial charge is 0.416 e. The van der Waals surface area contributed by atoms with Crippen LogP contribution in [0.5, 0.6) is 11.5 Å². The fourth-order valence-corrected chi connectivity index (χ4v) is 5.10. The number of aliphatic hydroxyl groups excluding tert-OH is 2. The first kappa shape index (κ1) is 30.0. The summed E-state index contributed by atoms with van der Waals surface area (Å²) < 4.78 is 55.9. The zero-order valence-corrected chi connectivity index (χ0v) is 22.2. The molecule has 2 amide bonds. The average molecular weight is 579 g/mol. The van der Waals surface area contributed by atoms with E-state index >= 15 is 0 Å². The third-order valence-corrected chi connectivity index (χ3v) is 7.03. The van der Waals surface area contributed by atoms with Crippen molar-refractivity contribution < 1.29 is 52.0 Å². The van der Waals surface area contributed by atoms with Crippen molar-refractivity contribution in [3.63, 3.8) is 0 Å². The molecule has 4 unspecified atom stereocenters. The highest BCUT2D eigenvalue weighted by Gasteiger charge is 2.51.